The molecule has 0 aromatic heterocycles. The first-order valence-corrected chi connectivity index (χ1v) is 9.80. The van der Waals surface area contributed by atoms with Crippen molar-refractivity contribution < 1.29 is 19.2 Å². The lowest BCUT2D eigenvalue weighted by molar-refractivity contribution is -0.384. The van der Waals surface area contributed by atoms with Gasteiger partial charge >= 0.3 is 5.97 Å². The summed E-state index contributed by atoms with van der Waals surface area (Å²) in [6, 6.07) is 5.12. The number of carbonyl (C=O) groups is 2. The third-order valence-corrected chi connectivity index (χ3v) is 7.97. The van der Waals surface area contributed by atoms with E-state index in [-0.39, 0.29) is 23.6 Å². The molecule has 0 saturated carbocycles. The summed E-state index contributed by atoms with van der Waals surface area (Å²) in [5.74, 6) is -0.685. The fourth-order valence-corrected chi connectivity index (χ4v) is 5.81. The molecule has 3 rings (SSSR count). The van der Waals surface area contributed by atoms with Crippen LogP contribution in [0.4, 0.5) is 5.69 Å². The van der Waals surface area contributed by atoms with Gasteiger partial charge in [0.2, 0.25) is 0 Å². The smallest absolute Gasteiger partial charge is 0.330 e. The quantitative estimate of drug-likeness (QED) is 0.210. The molecule has 2 aliphatic heterocycles. The number of esters is 1. The van der Waals surface area contributed by atoms with Crippen LogP contribution in [0.15, 0.2) is 24.3 Å². The number of nitrogens with zero attached hydrogens (tertiary/aromatic N) is 2. The number of fused-ring (bicyclic) bond motifs is 1. The molecular weight excluding hydrogens is 480 g/mol. The number of benzene rings is 1. The summed E-state index contributed by atoms with van der Waals surface area (Å²) in [5, 5.41) is 10.5. The van der Waals surface area contributed by atoms with Gasteiger partial charge < -0.3 is 9.64 Å². The third-order valence-electron chi connectivity index (χ3n) is 4.19. The number of hydrogen-bond acceptors (Lipinski definition) is 6. The third kappa shape index (κ3) is 3.08. The molecule has 2 atom stereocenters. The first kappa shape index (κ1) is 18.7. The van der Waals surface area contributed by atoms with Gasteiger partial charge in [0.1, 0.15) is 18.0 Å². The van der Waals surface area contributed by atoms with Crippen LogP contribution in [0.1, 0.15) is 19.4 Å². The number of ether oxygens (including phenoxy) is 1. The number of halogens is 2. The van der Waals surface area contributed by atoms with Crippen molar-refractivity contribution in [3.05, 3.63) is 39.9 Å². The minimum atomic E-state index is -0.838. The maximum absolute atomic E-state index is 12.6. The molecule has 2 fully saturated rings. The highest BCUT2D eigenvalue weighted by Crippen LogP contribution is 2.60. The lowest BCUT2D eigenvalue weighted by atomic mass is 9.98. The van der Waals surface area contributed by atoms with Crippen LogP contribution in [-0.2, 0) is 20.9 Å². The summed E-state index contributed by atoms with van der Waals surface area (Å²) in [4.78, 5) is 36.6. The number of non-ortho nitro benzene ring substituents is 1. The van der Waals surface area contributed by atoms with Gasteiger partial charge in [0.05, 0.1) is 4.92 Å². The first-order valence-electron chi connectivity index (χ1n) is 7.34. The van der Waals surface area contributed by atoms with Crippen LogP contribution in [0, 0.1) is 10.1 Å². The summed E-state index contributed by atoms with van der Waals surface area (Å²) >= 11 is 8.24. The molecule has 0 unspecified atom stereocenters. The Bertz CT molecular complexity index is 753. The molecule has 2 heterocycles. The second-order valence-corrected chi connectivity index (χ2v) is 11.6. The number of thioether (sulfide) groups is 1. The van der Waals surface area contributed by atoms with Crippen molar-refractivity contribution in [2.24, 2.45) is 0 Å². The van der Waals surface area contributed by atoms with E-state index in [9.17, 15) is 19.7 Å². The van der Waals surface area contributed by atoms with Crippen molar-refractivity contribution in [1.82, 2.24) is 4.90 Å². The Morgan fingerprint density at radius 2 is 1.96 bits per heavy atom. The highest BCUT2D eigenvalue weighted by molar-refractivity contribution is 9.26. The largest absolute Gasteiger partial charge is 0.459 e. The van der Waals surface area contributed by atoms with E-state index in [0.717, 1.165) is 0 Å². The number of amides is 1. The average Bonchev–Trinajstić information content (AvgIpc) is 2.83. The molecule has 0 bridgehead atoms. The molecule has 2 aliphatic rings. The Labute approximate surface area is 164 Å². The van der Waals surface area contributed by atoms with Crippen molar-refractivity contribution in [3.8, 4) is 0 Å². The van der Waals surface area contributed by atoms with Gasteiger partial charge in [-0.25, -0.2) is 4.79 Å². The summed E-state index contributed by atoms with van der Waals surface area (Å²) < 4.78 is 4.04. The van der Waals surface area contributed by atoms with Crippen LogP contribution in [-0.4, -0.2) is 41.1 Å². The molecule has 1 aromatic carbocycles. The Morgan fingerprint density at radius 3 is 2.52 bits per heavy atom. The van der Waals surface area contributed by atoms with Crippen molar-refractivity contribution >= 4 is 61.2 Å². The van der Waals surface area contributed by atoms with Crippen molar-refractivity contribution in [1.29, 1.82) is 0 Å². The fourth-order valence-electron chi connectivity index (χ4n) is 2.91. The number of β-lactam (4-membered cyclic amide) rings is 1. The van der Waals surface area contributed by atoms with Crippen LogP contribution in [0.25, 0.3) is 0 Å². The number of nitro benzene ring substituents is 1. The Morgan fingerprint density at radius 1 is 1.36 bits per heavy atom. The van der Waals surface area contributed by atoms with E-state index in [0.29, 0.717) is 5.56 Å². The van der Waals surface area contributed by atoms with Gasteiger partial charge in [-0.3, -0.25) is 14.9 Å². The average molecular weight is 494 g/mol. The number of nitro groups is 1. The molecule has 0 aliphatic carbocycles. The molecule has 7 nitrogen and oxygen atoms in total. The zero-order valence-electron chi connectivity index (χ0n) is 13.3. The zero-order chi connectivity index (χ0) is 18.6. The maximum Gasteiger partial charge on any atom is 0.330 e. The second-order valence-electron chi connectivity index (χ2n) is 6.34. The van der Waals surface area contributed by atoms with E-state index in [4.69, 9.17) is 4.74 Å². The van der Waals surface area contributed by atoms with E-state index in [1.165, 1.54) is 28.8 Å². The Balaban J connectivity index is 1.69. The molecule has 134 valence electrons. The van der Waals surface area contributed by atoms with E-state index in [1.807, 2.05) is 13.8 Å². The number of hydrogen-bond donors (Lipinski definition) is 0. The lowest BCUT2D eigenvalue weighted by Gasteiger charge is -2.46. The zero-order valence-corrected chi connectivity index (χ0v) is 17.3. The van der Waals surface area contributed by atoms with Gasteiger partial charge in [-0.15, -0.1) is 11.8 Å². The molecule has 0 N–H and O–H groups in total. The number of carbonyl (C=O) groups excluding carboxylic acids is 2. The van der Waals surface area contributed by atoms with Crippen LogP contribution in [0.3, 0.4) is 0 Å². The predicted octanol–water partition coefficient (Wildman–Crippen LogP) is 3.19. The van der Waals surface area contributed by atoms with Gasteiger partial charge in [0, 0.05) is 16.9 Å². The monoisotopic (exact) mass is 492 g/mol. The molecule has 25 heavy (non-hydrogen) atoms. The topological polar surface area (TPSA) is 89.8 Å². The molecule has 0 spiro atoms. The van der Waals surface area contributed by atoms with Crippen LogP contribution < -0.4 is 0 Å². The van der Waals surface area contributed by atoms with Crippen molar-refractivity contribution in [2.75, 3.05) is 0 Å². The van der Waals surface area contributed by atoms with E-state index in [2.05, 4.69) is 31.9 Å². The number of alkyl halides is 2. The van der Waals surface area contributed by atoms with Gasteiger partial charge in [0.15, 0.2) is 3.23 Å². The van der Waals surface area contributed by atoms with E-state index >= 15 is 0 Å². The Kier molecular flexibility index (Phi) is 4.66. The predicted molar refractivity (Wildman–Crippen MR) is 99.6 cm³/mol. The minimum absolute atomic E-state index is 0.00542. The standard InChI is InChI=1S/C15H14Br2N2O5S/c1-14(2)10(18-12(21)15(16,17)13(18)25-14)11(20)24-7-8-3-5-9(6-4-8)19(22)23/h3-6,10,13H,7H2,1-2H3/t10-,13+/m0/s1. The van der Waals surface area contributed by atoms with E-state index in [1.54, 1.807) is 12.1 Å². The maximum atomic E-state index is 12.6. The summed E-state index contributed by atoms with van der Waals surface area (Å²) in [6.45, 7) is 3.79. The van der Waals surface area contributed by atoms with E-state index < -0.39 is 24.9 Å². The molecule has 1 aromatic rings. The SMILES string of the molecule is CC1(C)S[C@H]2N(C(=O)C2(Br)Br)[C@H]1C(=O)OCc1ccc([N+](=O)[O-])cc1. The van der Waals surface area contributed by atoms with Gasteiger partial charge in [0.25, 0.3) is 11.6 Å². The van der Waals surface area contributed by atoms with Gasteiger partial charge in [-0.1, -0.05) is 31.9 Å². The van der Waals surface area contributed by atoms with Gasteiger partial charge in [-0.2, -0.15) is 0 Å². The lowest BCUT2D eigenvalue weighted by Crippen LogP contribution is -2.68. The fraction of sp³-hybridized carbons (Fsp3) is 0.467. The van der Waals surface area contributed by atoms with Crippen LogP contribution in [0.5, 0.6) is 0 Å². The normalized spacial score (nSPS) is 25.9. The molecular formula is C15H14Br2N2O5S. The summed E-state index contributed by atoms with van der Waals surface area (Å²) in [6.07, 6.45) is 0. The van der Waals surface area contributed by atoms with Crippen LogP contribution in [0.2, 0.25) is 0 Å². The summed E-state index contributed by atoms with van der Waals surface area (Å²) in [5.41, 5.74) is 0.618. The second kappa shape index (κ2) is 6.24. The molecule has 1 amide bonds. The minimum Gasteiger partial charge on any atom is -0.459 e. The van der Waals surface area contributed by atoms with Crippen molar-refractivity contribution in [2.45, 2.75) is 39.9 Å². The molecule has 0 radical (unpaired) electrons. The molecule has 10 heteroatoms. The molecule has 2 saturated heterocycles. The van der Waals surface area contributed by atoms with Gasteiger partial charge in [-0.05, 0) is 31.5 Å². The number of rotatable bonds is 4. The highest BCUT2D eigenvalue weighted by atomic mass is 79.9. The first-order chi connectivity index (χ1) is 11.6. The highest BCUT2D eigenvalue weighted by Gasteiger charge is 2.70. The van der Waals surface area contributed by atoms with Crippen LogP contribution >= 0.6 is 43.6 Å². The van der Waals surface area contributed by atoms with Crippen molar-refractivity contribution in [3.63, 3.8) is 0 Å². The Hall–Kier alpha value is -1.13. The summed E-state index contributed by atoms with van der Waals surface area (Å²) in [7, 11) is 0.